The molecule has 0 fully saturated rings. The molecule has 5 nitrogen and oxygen atoms in total. The quantitative estimate of drug-likeness (QED) is 0.681. The number of hydrogen-bond acceptors (Lipinski definition) is 4. The van der Waals surface area contributed by atoms with Crippen LogP contribution >= 0.6 is 15.9 Å². The monoisotopic (exact) mass is 328 g/mol. The van der Waals surface area contributed by atoms with Crippen LogP contribution in [0.2, 0.25) is 0 Å². The van der Waals surface area contributed by atoms with E-state index in [1.165, 1.54) is 0 Å². The van der Waals surface area contributed by atoms with Crippen LogP contribution in [0.25, 0.3) is 0 Å². The minimum Gasteiger partial charge on any atom is -0.444 e. The number of carbonyl (C=O) groups excluding carboxylic acids is 2. The first kappa shape index (κ1) is 15.6. The lowest BCUT2D eigenvalue weighted by molar-refractivity contribution is -0.108. The average Bonchev–Trinajstić information content (AvgIpc) is 2.27. The Balaban J connectivity index is 2.75. The zero-order chi connectivity index (χ0) is 14.5. The molecule has 0 bridgehead atoms. The lowest BCUT2D eigenvalue weighted by Crippen LogP contribution is -2.35. The van der Waals surface area contributed by atoms with Gasteiger partial charge in [-0.05, 0) is 48.3 Å². The van der Waals surface area contributed by atoms with E-state index in [1.54, 1.807) is 39.1 Å². The molecule has 1 heterocycles. The molecule has 1 aromatic rings. The van der Waals surface area contributed by atoms with E-state index in [0.29, 0.717) is 4.60 Å². The highest BCUT2D eigenvalue weighted by molar-refractivity contribution is 9.10. The number of aldehydes is 1. The number of nitrogens with one attached hydrogen (secondary N) is 1. The molecular weight excluding hydrogens is 312 g/mol. The van der Waals surface area contributed by atoms with Gasteiger partial charge >= 0.3 is 6.09 Å². The van der Waals surface area contributed by atoms with E-state index in [2.05, 4.69) is 26.2 Å². The third-order valence-corrected chi connectivity index (χ3v) is 2.64. The van der Waals surface area contributed by atoms with Crippen molar-refractivity contribution in [3.63, 3.8) is 0 Å². The van der Waals surface area contributed by atoms with Crippen molar-refractivity contribution >= 4 is 28.3 Å². The van der Waals surface area contributed by atoms with Gasteiger partial charge in [-0.15, -0.1) is 0 Å². The molecule has 0 aromatic carbocycles. The van der Waals surface area contributed by atoms with E-state index < -0.39 is 17.7 Å². The van der Waals surface area contributed by atoms with Gasteiger partial charge in [-0.3, -0.25) is 0 Å². The lowest BCUT2D eigenvalue weighted by Gasteiger charge is -2.22. The van der Waals surface area contributed by atoms with Gasteiger partial charge in [0.1, 0.15) is 16.5 Å². The predicted molar refractivity (Wildman–Crippen MR) is 74.7 cm³/mol. The Labute approximate surface area is 120 Å². The minimum absolute atomic E-state index is 0.169. The second-order valence-corrected chi connectivity index (χ2v) is 5.83. The summed E-state index contributed by atoms with van der Waals surface area (Å²) in [7, 11) is 0. The molecule has 1 rings (SSSR count). The Kier molecular flexibility index (Phi) is 5.47. The summed E-state index contributed by atoms with van der Waals surface area (Å²) in [6, 6.07) is 3.11. The van der Waals surface area contributed by atoms with Crippen LogP contribution in [0.15, 0.2) is 22.9 Å². The van der Waals surface area contributed by atoms with Gasteiger partial charge in [-0.25, -0.2) is 9.78 Å². The maximum Gasteiger partial charge on any atom is 0.408 e. The van der Waals surface area contributed by atoms with Crippen LogP contribution in [0.5, 0.6) is 0 Å². The third-order valence-electron chi connectivity index (χ3n) is 2.18. The maximum absolute atomic E-state index is 11.7. The van der Waals surface area contributed by atoms with Gasteiger partial charge < -0.3 is 14.8 Å². The fourth-order valence-electron chi connectivity index (χ4n) is 1.42. The number of aromatic nitrogens is 1. The largest absolute Gasteiger partial charge is 0.444 e. The third kappa shape index (κ3) is 5.83. The summed E-state index contributed by atoms with van der Waals surface area (Å²) in [5, 5.41) is 2.66. The Bertz CT molecular complexity index is 440. The first-order valence-corrected chi connectivity index (χ1v) is 6.66. The molecule has 1 aromatic heterocycles. The summed E-state index contributed by atoms with van der Waals surface area (Å²) in [5.41, 5.74) is 0.175. The van der Waals surface area contributed by atoms with Crippen molar-refractivity contribution in [2.75, 3.05) is 0 Å². The van der Waals surface area contributed by atoms with Crippen molar-refractivity contribution in [1.29, 1.82) is 0 Å². The summed E-state index contributed by atoms with van der Waals surface area (Å²) >= 11 is 3.23. The van der Waals surface area contributed by atoms with Gasteiger partial charge in [0.25, 0.3) is 0 Å². The average molecular weight is 329 g/mol. The highest BCUT2D eigenvalue weighted by Gasteiger charge is 2.20. The molecule has 0 aliphatic heterocycles. The first-order chi connectivity index (χ1) is 8.81. The molecule has 104 valence electrons. The van der Waals surface area contributed by atoms with Crippen LogP contribution in [-0.2, 0) is 9.53 Å². The SMILES string of the molecule is CC(C)(C)OC(=O)N[C@H](CC=O)c1ccc(Br)nc1. The number of nitrogens with zero attached hydrogens (tertiary/aromatic N) is 1. The summed E-state index contributed by atoms with van der Waals surface area (Å²) in [5.74, 6) is 0. The summed E-state index contributed by atoms with van der Waals surface area (Å²) < 4.78 is 5.86. The molecule has 1 N–H and O–H groups in total. The number of alkyl carbamates (subject to hydrolysis) is 1. The molecule has 0 aliphatic carbocycles. The molecule has 0 saturated heterocycles. The Morgan fingerprint density at radius 2 is 2.21 bits per heavy atom. The molecule has 1 amide bonds. The molecule has 6 heteroatoms. The van der Waals surface area contributed by atoms with Gasteiger partial charge in [0, 0.05) is 12.6 Å². The molecule has 0 radical (unpaired) electrons. The standard InChI is InChI=1S/C13H17BrN2O3/c1-13(2,3)19-12(18)16-10(6-7-17)9-4-5-11(14)15-8-9/h4-5,7-8,10H,6H2,1-3H3,(H,16,18)/t10-/m1/s1. The normalized spacial score (nSPS) is 12.6. The van der Waals surface area contributed by atoms with Crippen molar-refractivity contribution in [2.24, 2.45) is 0 Å². The van der Waals surface area contributed by atoms with Crippen LogP contribution in [-0.4, -0.2) is 23.0 Å². The van der Waals surface area contributed by atoms with Crippen molar-refractivity contribution in [1.82, 2.24) is 10.3 Å². The molecule has 1 atom stereocenters. The van der Waals surface area contributed by atoms with Gasteiger partial charge in [0.05, 0.1) is 6.04 Å². The number of carbonyl (C=O) groups is 2. The van der Waals surface area contributed by atoms with Crippen molar-refractivity contribution in [2.45, 2.75) is 38.8 Å². The van der Waals surface area contributed by atoms with E-state index in [9.17, 15) is 9.59 Å². The van der Waals surface area contributed by atoms with Crippen LogP contribution in [0.3, 0.4) is 0 Å². The summed E-state index contributed by atoms with van der Waals surface area (Å²) in [6.07, 6.45) is 1.98. The van der Waals surface area contributed by atoms with Gasteiger partial charge in [-0.2, -0.15) is 0 Å². The first-order valence-electron chi connectivity index (χ1n) is 5.86. The topological polar surface area (TPSA) is 68.3 Å². The van der Waals surface area contributed by atoms with Gasteiger partial charge in [-0.1, -0.05) is 6.07 Å². The van der Waals surface area contributed by atoms with Crippen LogP contribution < -0.4 is 5.32 Å². The molecular formula is C13H17BrN2O3. The summed E-state index contributed by atoms with van der Waals surface area (Å²) in [6.45, 7) is 5.34. The molecule has 0 spiro atoms. The van der Waals surface area contributed by atoms with Crippen LogP contribution in [0, 0.1) is 0 Å². The zero-order valence-electron chi connectivity index (χ0n) is 11.1. The number of halogens is 1. The van der Waals surface area contributed by atoms with E-state index >= 15 is 0 Å². The maximum atomic E-state index is 11.7. The second kappa shape index (κ2) is 6.65. The Hall–Kier alpha value is -1.43. The molecule has 0 aliphatic rings. The van der Waals surface area contributed by atoms with Gasteiger partial charge in [0.2, 0.25) is 0 Å². The van der Waals surface area contributed by atoms with Crippen LogP contribution in [0.1, 0.15) is 38.8 Å². The van der Waals surface area contributed by atoms with E-state index in [1.807, 2.05) is 0 Å². The molecule has 0 unspecified atom stereocenters. The molecule has 19 heavy (non-hydrogen) atoms. The Morgan fingerprint density at radius 1 is 1.53 bits per heavy atom. The smallest absolute Gasteiger partial charge is 0.408 e. The highest BCUT2D eigenvalue weighted by atomic mass is 79.9. The fourth-order valence-corrected chi connectivity index (χ4v) is 1.65. The minimum atomic E-state index is -0.576. The van der Waals surface area contributed by atoms with Crippen molar-refractivity contribution < 1.29 is 14.3 Å². The number of rotatable bonds is 4. The van der Waals surface area contributed by atoms with E-state index in [0.717, 1.165) is 11.8 Å². The number of hydrogen-bond donors (Lipinski definition) is 1. The number of pyridine rings is 1. The van der Waals surface area contributed by atoms with E-state index in [4.69, 9.17) is 4.74 Å². The van der Waals surface area contributed by atoms with Crippen LogP contribution in [0.4, 0.5) is 4.79 Å². The fraction of sp³-hybridized carbons (Fsp3) is 0.462. The zero-order valence-corrected chi connectivity index (χ0v) is 12.7. The highest BCUT2D eigenvalue weighted by Crippen LogP contribution is 2.18. The predicted octanol–water partition coefficient (Wildman–Crippen LogP) is 3.00. The number of amides is 1. The lowest BCUT2D eigenvalue weighted by atomic mass is 10.1. The van der Waals surface area contributed by atoms with E-state index in [-0.39, 0.29) is 6.42 Å². The Morgan fingerprint density at radius 3 is 2.68 bits per heavy atom. The second-order valence-electron chi connectivity index (χ2n) is 5.02. The van der Waals surface area contributed by atoms with Crippen molar-refractivity contribution in [3.05, 3.63) is 28.5 Å². The number of ether oxygens (including phenoxy) is 1. The molecule has 0 saturated carbocycles. The summed E-state index contributed by atoms with van der Waals surface area (Å²) in [4.78, 5) is 26.5. The van der Waals surface area contributed by atoms with Gasteiger partial charge in [0.15, 0.2) is 0 Å². The van der Waals surface area contributed by atoms with Crippen molar-refractivity contribution in [3.8, 4) is 0 Å².